The van der Waals surface area contributed by atoms with Gasteiger partial charge >= 0.3 is 0 Å². The van der Waals surface area contributed by atoms with Crippen LogP contribution in [0.4, 0.5) is 0 Å². The van der Waals surface area contributed by atoms with Gasteiger partial charge < -0.3 is 15.1 Å². The van der Waals surface area contributed by atoms with Gasteiger partial charge in [-0.2, -0.15) is 0 Å². The summed E-state index contributed by atoms with van der Waals surface area (Å²) in [7, 11) is 4.05. The summed E-state index contributed by atoms with van der Waals surface area (Å²) in [6.07, 6.45) is 1.49. The number of aromatic nitrogens is 3. The number of hydrogen-bond donors (Lipinski definition) is 1. The molecule has 0 spiro atoms. The van der Waals surface area contributed by atoms with Gasteiger partial charge in [0.05, 0.1) is 11.9 Å². The van der Waals surface area contributed by atoms with Gasteiger partial charge in [-0.15, -0.1) is 5.10 Å². The molecule has 0 bridgehead atoms. The van der Waals surface area contributed by atoms with Gasteiger partial charge in [0.2, 0.25) is 11.8 Å². The monoisotopic (exact) mass is 442 g/mol. The van der Waals surface area contributed by atoms with Crippen molar-refractivity contribution >= 4 is 22.7 Å². The fourth-order valence-corrected chi connectivity index (χ4v) is 4.30. The van der Waals surface area contributed by atoms with E-state index >= 15 is 0 Å². The number of carbonyl (C=O) groups is 2. The number of likely N-dealkylation sites (tertiary alicyclic amines) is 1. The van der Waals surface area contributed by atoms with Crippen LogP contribution in [0.1, 0.15) is 33.1 Å². The lowest BCUT2D eigenvalue weighted by atomic mass is 9.91. The molecular weight excluding hydrogens is 408 g/mol. The van der Waals surface area contributed by atoms with Crippen LogP contribution in [-0.4, -0.2) is 76.9 Å². The zero-order valence-corrected chi connectivity index (χ0v) is 19.5. The number of amides is 2. The number of nitrogens with one attached hydrogen (secondary N) is 1. The van der Waals surface area contributed by atoms with Crippen LogP contribution in [0.5, 0.6) is 0 Å². The lowest BCUT2D eigenvalue weighted by Crippen LogP contribution is -2.46. The van der Waals surface area contributed by atoms with Crippen LogP contribution in [0.3, 0.4) is 0 Å². The maximum atomic E-state index is 12.6. The molecule has 2 heterocycles. The third kappa shape index (κ3) is 6.12. The Kier molecular flexibility index (Phi) is 7.60. The maximum absolute atomic E-state index is 12.6. The Balaban J connectivity index is 1.46. The van der Waals surface area contributed by atoms with Crippen LogP contribution < -0.4 is 10.9 Å². The smallest absolute Gasteiger partial charge is 0.277 e. The summed E-state index contributed by atoms with van der Waals surface area (Å²) in [6, 6.07) is 7.04. The van der Waals surface area contributed by atoms with Gasteiger partial charge in [0.25, 0.3) is 5.56 Å². The van der Waals surface area contributed by atoms with E-state index in [0.717, 1.165) is 6.54 Å². The molecule has 0 radical (unpaired) electrons. The van der Waals surface area contributed by atoms with Crippen molar-refractivity contribution < 1.29 is 9.59 Å². The van der Waals surface area contributed by atoms with Crippen molar-refractivity contribution in [2.45, 2.75) is 39.7 Å². The molecule has 1 aliphatic heterocycles. The average molecular weight is 443 g/mol. The maximum Gasteiger partial charge on any atom is 0.277 e. The highest BCUT2D eigenvalue weighted by Gasteiger charge is 2.28. The summed E-state index contributed by atoms with van der Waals surface area (Å²) in [5, 5.41) is 11.6. The van der Waals surface area contributed by atoms with Crippen LogP contribution in [0, 0.1) is 11.3 Å². The zero-order chi connectivity index (χ0) is 23.3. The number of aryl methyl sites for hydroxylation is 1. The molecule has 9 heteroatoms. The van der Waals surface area contributed by atoms with Gasteiger partial charge in [-0.25, -0.2) is 4.68 Å². The van der Waals surface area contributed by atoms with Gasteiger partial charge in [-0.1, -0.05) is 31.2 Å². The SMILES string of the molecule is CN(C)CC(C)(C)CNC(=O)C1CCN(C(=O)CCn2nnc3ccccc3c2=O)CC1. The zero-order valence-electron chi connectivity index (χ0n) is 19.5. The minimum Gasteiger partial charge on any atom is -0.355 e. The van der Waals surface area contributed by atoms with Gasteiger partial charge in [-0.05, 0) is 44.5 Å². The van der Waals surface area contributed by atoms with Crippen LogP contribution in [-0.2, 0) is 16.1 Å². The normalized spacial score (nSPS) is 15.3. The third-order valence-corrected chi connectivity index (χ3v) is 5.87. The quantitative estimate of drug-likeness (QED) is 0.658. The van der Waals surface area contributed by atoms with Crippen molar-refractivity contribution in [2.75, 3.05) is 40.3 Å². The second kappa shape index (κ2) is 10.2. The Labute approximate surface area is 188 Å². The van der Waals surface area contributed by atoms with E-state index in [0.29, 0.717) is 43.4 Å². The molecule has 1 saturated heterocycles. The number of rotatable bonds is 8. The minimum atomic E-state index is -0.240. The minimum absolute atomic E-state index is 0.000429. The first kappa shape index (κ1) is 23.8. The van der Waals surface area contributed by atoms with E-state index in [1.807, 2.05) is 14.1 Å². The number of hydrogen-bond acceptors (Lipinski definition) is 6. The molecule has 0 atom stereocenters. The van der Waals surface area contributed by atoms with Gasteiger partial charge in [-0.3, -0.25) is 14.4 Å². The molecule has 1 aliphatic rings. The van der Waals surface area contributed by atoms with Crippen molar-refractivity contribution in [1.82, 2.24) is 30.1 Å². The van der Waals surface area contributed by atoms with Gasteiger partial charge in [0, 0.05) is 38.5 Å². The first-order chi connectivity index (χ1) is 15.2. The van der Waals surface area contributed by atoms with E-state index in [1.54, 1.807) is 29.2 Å². The Hall–Kier alpha value is -2.81. The summed E-state index contributed by atoms with van der Waals surface area (Å²) in [4.78, 5) is 41.6. The standard InChI is InChI=1S/C23H34N6O3/c1-23(2,16-27(3)4)15-24-21(31)17-9-12-28(13-10-17)20(30)11-14-29-22(32)18-7-5-6-8-19(18)25-26-29/h5-8,17H,9-16H2,1-4H3,(H,24,31). The molecule has 1 N–H and O–H groups in total. The topological polar surface area (TPSA) is 100 Å². The lowest BCUT2D eigenvalue weighted by Gasteiger charge is -2.33. The Morgan fingerprint density at radius 3 is 2.56 bits per heavy atom. The second-order valence-electron chi connectivity index (χ2n) is 9.66. The van der Waals surface area contributed by atoms with E-state index in [2.05, 4.69) is 34.4 Å². The van der Waals surface area contributed by atoms with Crippen molar-refractivity contribution in [3.05, 3.63) is 34.6 Å². The van der Waals surface area contributed by atoms with Crippen molar-refractivity contribution in [1.29, 1.82) is 0 Å². The van der Waals surface area contributed by atoms with E-state index in [9.17, 15) is 14.4 Å². The Bertz CT molecular complexity index is 1010. The van der Waals surface area contributed by atoms with Crippen molar-refractivity contribution in [3.8, 4) is 0 Å². The first-order valence-electron chi connectivity index (χ1n) is 11.2. The summed E-state index contributed by atoms with van der Waals surface area (Å²) < 4.78 is 1.25. The molecule has 1 aromatic carbocycles. The summed E-state index contributed by atoms with van der Waals surface area (Å²) in [5.74, 6) is -0.0251. The molecule has 174 valence electrons. The second-order valence-corrected chi connectivity index (χ2v) is 9.66. The number of carbonyl (C=O) groups excluding carboxylic acids is 2. The van der Waals surface area contributed by atoms with Crippen molar-refractivity contribution in [3.63, 3.8) is 0 Å². The number of benzene rings is 1. The van der Waals surface area contributed by atoms with Crippen molar-refractivity contribution in [2.24, 2.45) is 11.3 Å². The number of nitrogens with zero attached hydrogens (tertiary/aromatic N) is 5. The Morgan fingerprint density at radius 1 is 1.19 bits per heavy atom. The molecule has 3 rings (SSSR count). The third-order valence-electron chi connectivity index (χ3n) is 5.87. The van der Waals surface area contributed by atoms with E-state index in [4.69, 9.17) is 0 Å². The molecule has 0 unspecified atom stereocenters. The number of fused-ring (bicyclic) bond motifs is 1. The molecule has 32 heavy (non-hydrogen) atoms. The van der Waals surface area contributed by atoms with Crippen LogP contribution in [0.25, 0.3) is 10.9 Å². The van der Waals surface area contributed by atoms with Crippen LogP contribution in [0.2, 0.25) is 0 Å². The Morgan fingerprint density at radius 2 is 1.88 bits per heavy atom. The molecule has 0 saturated carbocycles. The summed E-state index contributed by atoms with van der Waals surface area (Å²) in [5.41, 5.74) is 0.307. The first-order valence-corrected chi connectivity index (χ1v) is 11.2. The molecular formula is C23H34N6O3. The molecule has 0 aliphatic carbocycles. The predicted octanol–water partition coefficient (Wildman–Crippen LogP) is 1.12. The molecule has 1 aromatic heterocycles. The highest BCUT2D eigenvalue weighted by Crippen LogP contribution is 2.20. The van der Waals surface area contributed by atoms with E-state index in [1.165, 1.54) is 4.68 Å². The summed E-state index contributed by atoms with van der Waals surface area (Å²) in [6.45, 7) is 7.10. The highest BCUT2D eigenvalue weighted by atomic mass is 16.2. The fraction of sp³-hybridized carbons (Fsp3) is 0.609. The van der Waals surface area contributed by atoms with Crippen LogP contribution in [0.15, 0.2) is 29.1 Å². The predicted molar refractivity (Wildman–Crippen MR) is 123 cm³/mol. The molecule has 9 nitrogen and oxygen atoms in total. The fourth-order valence-electron chi connectivity index (χ4n) is 4.30. The van der Waals surface area contributed by atoms with Gasteiger partial charge in [0.1, 0.15) is 5.52 Å². The number of piperidine rings is 1. The van der Waals surface area contributed by atoms with Gasteiger partial charge in [0.15, 0.2) is 0 Å². The van der Waals surface area contributed by atoms with E-state index in [-0.39, 0.29) is 41.7 Å². The molecule has 2 amide bonds. The summed E-state index contributed by atoms with van der Waals surface area (Å²) >= 11 is 0. The highest BCUT2D eigenvalue weighted by molar-refractivity contribution is 5.80. The average Bonchev–Trinajstić information content (AvgIpc) is 2.76. The van der Waals surface area contributed by atoms with Crippen LogP contribution >= 0.6 is 0 Å². The lowest BCUT2D eigenvalue weighted by molar-refractivity contribution is -0.136. The molecule has 1 fully saturated rings. The van der Waals surface area contributed by atoms with E-state index < -0.39 is 0 Å². The molecule has 2 aromatic rings. The largest absolute Gasteiger partial charge is 0.355 e.